The summed E-state index contributed by atoms with van der Waals surface area (Å²) in [5.41, 5.74) is 4.80. The topological polar surface area (TPSA) is 100 Å². The van der Waals surface area contributed by atoms with Crippen LogP contribution in [0.25, 0.3) is 5.70 Å². The molecule has 1 heterocycles. The zero-order valence-electron chi connectivity index (χ0n) is 16.1. The van der Waals surface area contributed by atoms with Crippen LogP contribution in [0.5, 0.6) is 0 Å². The SMILES string of the molecule is N/C(=C\NCC1ON(O)C(CO)OC1Sc1ccc(F)c(Cl)c1)c1cc(F)c(F)c(F)c1. The van der Waals surface area contributed by atoms with Crippen LogP contribution < -0.4 is 11.1 Å². The van der Waals surface area contributed by atoms with E-state index < -0.39 is 47.6 Å². The van der Waals surface area contributed by atoms with Gasteiger partial charge in [0.25, 0.3) is 0 Å². The van der Waals surface area contributed by atoms with Crippen LogP contribution >= 0.6 is 23.4 Å². The van der Waals surface area contributed by atoms with E-state index in [1.807, 2.05) is 0 Å². The number of aliphatic hydroxyl groups is 1. The summed E-state index contributed by atoms with van der Waals surface area (Å²) < 4.78 is 58.9. The molecule has 2 aromatic rings. The standard InChI is InChI=1S/C19H18ClF4N3O4S/c20-11-5-10(1-2-12(11)21)32-19-16(31-27(29)17(8-28)30-19)7-26-6-15(25)9-3-13(22)18(24)14(23)4-9/h1-6,16-17,19,26,28-29H,7-8,25H2/b15-6-. The number of nitrogens with one attached hydrogen (secondary N) is 1. The van der Waals surface area contributed by atoms with Crippen molar-refractivity contribution in [1.82, 2.24) is 10.5 Å². The molecule has 1 aliphatic heterocycles. The molecule has 0 bridgehead atoms. The predicted molar refractivity (Wildman–Crippen MR) is 108 cm³/mol. The van der Waals surface area contributed by atoms with E-state index >= 15 is 0 Å². The van der Waals surface area contributed by atoms with Crippen LogP contribution in [0.15, 0.2) is 41.4 Å². The Morgan fingerprint density at radius 3 is 2.50 bits per heavy atom. The van der Waals surface area contributed by atoms with Crippen molar-refractivity contribution in [1.29, 1.82) is 0 Å². The molecular formula is C19H18ClF4N3O4S. The number of halogens is 5. The fourth-order valence-electron chi connectivity index (χ4n) is 2.68. The molecule has 0 aliphatic carbocycles. The van der Waals surface area contributed by atoms with Crippen LogP contribution in [0.4, 0.5) is 17.6 Å². The molecular weight excluding hydrogens is 478 g/mol. The first-order valence-corrected chi connectivity index (χ1v) is 10.3. The van der Waals surface area contributed by atoms with Gasteiger partial charge in [-0.1, -0.05) is 23.4 Å². The number of thioether (sulfide) groups is 1. The number of hydrogen-bond donors (Lipinski definition) is 4. The molecule has 2 aromatic carbocycles. The molecule has 0 saturated carbocycles. The average Bonchev–Trinajstić information content (AvgIpc) is 2.75. The first-order valence-electron chi connectivity index (χ1n) is 9.06. The van der Waals surface area contributed by atoms with Gasteiger partial charge in [0.1, 0.15) is 17.4 Å². The van der Waals surface area contributed by atoms with Crippen molar-refractivity contribution in [3.05, 3.63) is 70.4 Å². The molecule has 1 saturated heterocycles. The van der Waals surface area contributed by atoms with Gasteiger partial charge in [-0.2, -0.15) is 0 Å². The third-order valence-electron chi connectivity index (χ3n) is 4.28. The second kappa shape index (κ2) is 10.7. The fraction of sp³-hybridized carbons (Fsp3) is 0.263. The minimum absolute atomic E-state index is 0.0192. The number of rotatable bonds is 7. The second-order valence-corrected chi connectivity index (χ2v) is 8.12. The molecule has 32 heavy (non-hydrogen) atoms. The van der Waals surface area contributed by atoms with Gasteiger partial charge in [-0.15, -0.1) is 0 Å². The molecule has 13 heteroatoms. The molecule has 7 nitrogen and oxygen atoms in total. The van der Waals surface area contributed by atoms with Crippen LogP contribution in [-0.2, 0) is 9.57 Å². The van der Waals surface area contributed by atoms with Gasteiger partial charge < -0.3 is 20.9 Å². The Hall–Kier alpha value is -2.06. The van der Waals surface area contributed by atoms with Gasteiger partial charge in [-0.05, 0) is 35.6 Å². The van der Waals surface area contributed by atoms with Crippen LogP contribution in [-0.4, -0.2) is 46.5 Å². The number of benzene rings is 2. The lowest BCUT2D eigenvalue weighted by Crippen LogP contribution is -2.54. The molecule has 3 rings (SSSR count). The van der Waals surface area contributed by atoms with Gasteiger partial charge >= 0.3 is 0 Å². The van der Waals surface area contributed by atoms with Gasteiger partial charge in [0.2, 0.25) is 0 Å². The summed E-state index contributed by atoms with van der Waals surface area (Å²) in [6, 6.07) is 5.50. The fourth-order valence-corrected chi connectivity index (χ4v) is 4.00. The maximum absolute atomic E-state index is 13.4. The third kappa shape index (κ3) is 5.84. The summed E-state index contributed by atoms with van der Waals surface area (Å²) in [6.45, 7) is -0.596. The number of ether oxygens (including phenoxy) is 1. The zero-order chi connectivity index (χ0) is 23.4. The maximum atomic E-state index is 13.4. The largest absolute Gasteiger partial charge is 0.397 e. The minimum Gasteiger partial charge on any atom is -0.397 e. The van der Waals surface area contributed by atoms with Crippen molar-refractivity contribution >= 4 is 29.1 Å². The Kier molecular flexibility index (Phi) is 8.22. The first-order chi connectivity index (χ1) is 15.2. The first kappa shape index (κ1) is 24.6. The molecule has 5 N–H and O–H groups in total. The van der Waals surface area contributed by atoms with Crippen molar-refractivity contribution in [3.8, 4) is 0 Å². The molecule has 0 amide bonds. The summed E-state index contributed by atoms with van der Waals surface area (Å²) in [6.07, 6.45) is -0.820. The highest BCUT2D eigenvalue weighted by molar-refractivity contribution is 7.99. The normalized spacial score (nSPS) is 22.2. The van der Waals surface area contributed by atoms with Gasteiger partial charge in [0.05, 0.1) is 17.3 Å². The Labute approximate surface area is 189 Å². The van der Waals surface area contributed by atoms with Crippen molar-refractivity contribution in [2.75, 3.05) is 13.2 Å². The molecule has 3 unspecified atom stereocenters. The molecule has 3 atom stereocenters. The lowest BCUT2D eigenvalue weighted by molar-refractivity contribution is -0.457. The summed E-state index contributed by atoms with van der Waals surface area (Å²) >= 11 is 6.89. The van der Waals surface area contributed by atoms with Crippen LogP contribution in [0, 0.1) is 23.3 Å². The highest BCUT2D eigenvalue weighted by Crippen LogP contribution is 2.34. The van der Waals surface area contributed by atoms with E-state index in [0.717, 1.165) is 23.9 Å². The Morgan fingerprint density at radius 1 is 1.19 bits per heavy atom. The monoisotopic (exact) mass is 495 g/mol. The molecule has 0 spiro atoms. The molecule has 1 fully saturated rings. The van der Waals surface area contributed by atoms with Crippen molar-refractivity contribution in [2.24, 2.45) is 5.73 Å². The van der Waals surface area contributed by atoms with Gasteiger partial charge in [0.15, 0.2) is 23.7 Å². The number of nitrogens with two attached hydrogens (primary N) is 1. The van der Waals surface area contributed by atoms with Crippen molar-refractivity contribution in [2.45, 2.75) is 22.7 Å². The zero-order valence-corrected chi connectivity index (χ0v) is 17.7. The minimum atomic E-state index is -1.61. The number of hydroxylamine groups is 2. The molecule has 174 valence electrons. The summed E-state index contributed by atoms with van der Waals surface area (Å²) in [5, 5.41) is 22.2. The third-order valence-corrected chi connectivity index (χ3v) is 5.74. The van der Waals surface area contributed by atoms with Gasteiger partial charge in [0, 0.05) is 23.2 Å². The van der Waals surface area contributed by atoms with Crippen LogP contribution in [0.2, 0.25) is 5.02 Å². The van der Waals surface area contributed by atoms with E-state index in [9.17, 15) is 27.9 Å². The van der Waals surface area contributed by atoms with E-state index in [4.69, 9.17) is 26.9 Å². The Morgan fingerprint density at radius 2 is 1.88 bits per heavy atom. The number of hydrogen-bond acceptors (Lipinski definition) is 8. The molecule has 0 radical (unpaired) electrons. The van der Waals surface area contributed by atoms with Crippen LogP contribution in [0.3, 0.4) is 0 Å². The van der Waals surface area contributed by atoms with E-state index in [0.29, 0.717) is 10.1 Å². The van der Waals surface area contributed by atoms with Gasteiger partial charge in [-0.3, -0.25) is 10.0 Å². The lowest BCUT2D eigenvalue weighted by Gasteiger charge is -2.39. The summed E-state index contributed by atoms with van der Waals surface area (Å²) in [5.74, 6) is -4.98. The molecule has 1 aliphatic rings. The van der Waals surface area contributed by atoms with E-state index in [2.05, 4.69) is 5.32 Å². The lowest BCUT2D eigenvalue weighted by atomic mass is 10.1. The maximum Gasteiger partial charge on any atom is 0.194 e. The van der Waals surface area contributed by atoms with Crippen molar-refractivity contribution in [3.63, 3.8) is 0 Å². The van der Waals surface area contributed by atoms with Crippen molar-refractivity contribution < 1.29 is 37.4 Å². The smallest absolute Gasteiger partial charge is 0.194 e. The second-order valence-electron chi connectivity index (χ2n) is 6.54. The quantitative estimate of drug-likeness (QED) is 0.343. The summed E-state index contributed by atoms with van der Waals surface area (Å²) in [7, 11) is 0. The highest BCUT2D eigenvalue weighted by atomic mass is 35.5. The van der Waals surface area contributed by atoms with E-state index in [1.54, 1.807) is 0 Å². The Bertz CT molecular complexity index is 980. The highest BCUT2D eigenvalue weighted by Gasteiger charge is 2.37. The number of aliphatic hydroxyl groups excluding tert-OH is 1. The molecule has 0 aromatic heterocycles. The van der Waals surface area contributed by atoms with E-state index in [1.165, 1.54) is 24.4 Å². The average molecular weight is 496 g/mol. The van der Waals surface area contributed by atoms with E-state index in [-0.39, 0.29) is 22.8 Å². The summed E-state index contributed by atoms with van der Waals surface area (Å²) in [4.78, 5) is 5.88. The Balaban J connectivity index is 1.71. The predicted octanol–water partition coefficient (Wildman–Crippen LogP) is 3.20. The van der Waals surface area contributed by atoms with Gasteiger partial charge in [-0.25, -0.2) is 17.6 Å². The van der Waals surface area contributed by atoms with Crippen LogP contribution in [0.1, 0.15) is 5.56 Å². The number of nitrogens with zero attached hydrogens (tertiary/aromatic N) is 1.